The molecule has 0 saturated carbocycles. The third-order valence-corrected chi connectivity index (χ3v) is 3.90. The number of nitrogens with one attached hydrogen (secondary N) is 1. The Morgan fingerprint density at radius 1 is 1.27 bits per heavy atom. The molecule has 2 aromatic carbocycles. The van der Waals surface area contributed by atoms with Crippen LogP contribution in [0.4, 0.5) is 11.4 Å². The zero-order valence-corrected chi connectivity index (χ0v) is 14.7. The second-order valence-electron chi connectivity index (χ2n) is 5.18. The van der Waals surface area contributed by atoms with Crippen molar-refractivity contribution in [1.82, 2.24) is 0 Å². The van der Waals surface area contributed by atoms with Crippen LogP contribution in [0.5, 0.6) is 5.75 Å². The average molecular weight is 379 g/mol. The summed E-state index contributed by atoms with van der Waals surface area (Å²) in [4.78, 5) is 34.2. The first-order valence-electron chi connectivity index (χ1n) is 7.38. The van der Waals surface area contributed by atoms with Gasteiger partial charge in [-0.3, -0.25) is 14.9 Å². The van der Waals surface area contributed by atoms with E-state index in [9.17, 15) is 19.7 Å². The molecule has 9 heteroatoms. The van der Waals surface area contributed by atoms with Crippen LogP contribution in [-0.4, -0.2) is 30.5 Å². The summed E-state index contributed by atoms with van der Waals surface area (Å²) in [6.07, 6.45) is 0. The van der Waals surface area contributed by atoms with Crippen molar-refractivity contribution in [2.75, 3.05) is 19.0 Å². The van der Waals surface area contributed by atoms with E-state index < -0.39 is 23.4 Å². The predicted molar refractivity (Wildman–Crippen MR) is 94.7 cm³/mol. The number of hydrogen-bond acceptors (Lipinski definition) is 6. The standard InChI is InChI=1S/C17H15ClN2O6/c1-10-12(18)4-3-5-13(10)19-16(21)9-26-17(22)11-6-7-15(25-2)14(8-11)20(23)24/h3-8H,9H2,1-2H3,(H,19,21). The normalized spacial score (nSPS) is 10.1. The second kappa shape index (κ2) is 8.30. The molecule has 1 amide bonds. The Balaban J connectivity index is 2.02. The molecule has 0 aliphatic rings. The Kier molecular flexibility index (Phi) is 6.13. The molecular formula is C17H15ClN2O6. The van der Waals surface area contributed by atoms with E-state index in [0.29, 0.717) is 16.3 Å². The minimum absolute atomic E-state index is 0.0146. The number of amides is 1. The highest BCUT2D eigenvalue weighted by Gasteiger charge is 2.19. The second-order valence-corrected chi connectivity index (χ2v) is 5.59. The molecule has 2 rings (SSSR count). The fourth-order valence-electron chi connectivity index (χ4n) is 2.10. The first kappa shape index (κ1) is 19.2. The number of benzene rings is 2. The van der Waals surface area contributed by atoms with E-state index in [-0.39, 0.29) is 17.0 Å². The number of halogens is 1. The van der Waals surface area contributed by atoms with E-state index in [2.05, 4.69) is 5.32 Å². The van der Waals surface area contributed by atoms with E-state index in [1.54, 1.807) is 25.1 Å². The molecule has 8 nitrogen and oxygen atoms in total. The van der Waals surface area contributed by atoms with Gasteiger partial charge in [0.1, 0.15) is 0 Å². The van der Waals surface area contributed by atoms with Crippen molar-refractivity contribution in [3.63, 3.8) is 0 Å². The topological polar surface area (TPSA) is 108 Å². The predicted octanol–water partition coefficient (Wildman–Crippen LogP) is 3.36. The minimum Gasteiger partial charge on any atom is -0.490 e. The number of nitro groups is 1. The van der Waals surface area contributed by atoms with E-state index in [1.807, 2.05) is 0 Å². The Morgan fingerprint density at radius 3 is 2.65 bits per heavy atom. The number of rotatable bonds is 6. The maximum atomic E-state index is 12.0. The summed E-state index contributed by atoms with van der Waals surface area (Å²) in [6.45, 7) is 1.19. The van der Waals surface area contributed by atoms with Crippen molar-refractivity contribution in [2.45, 2.75) is 6.92 Å². The maximum Gasteiger partial charge on any atom is 0.338 e. The zero-order chi connectivity index (χ0) is 19.3. The lowest BCUT2D eigenvalue weighted by Crippen LogP contribution is -2.21. The molecule has 2 aromatic rings. The number of nitro benzene ring substituents is 1. The summed E-state index contributed by atoms with van der Waals surface area (Å²) in [7, 11) is 1.28. The quantitative estimate of drug-likeness (QED) is 0.469. The van der Waals surface area contributed by atoms with Gasteiger partial charge in [-0.2, -0.15) is 0 Å². The molecule has 0 spiro atoms. The van der Waals surface area contributed by atoms with Crippen LogP contribution in [0.2, 0.25) is 5.02 Å². The van der Waals surface area contributed by atoms with Crippen LogP contribution < -0.4 is 10.1 Å². The van der Waals surface area contributed by atoms with Crippen molar-refractivity contribution in [3.05, 3.63) is 62.7 Å². The molecule has 0 aliphatic carbocycles. The Morgan fingerprint density at radius 2 is 2.00 bits per heavy atom. The van der Waals surface area contributed by atoms with Gasteiger partial charge < -0.3 is 14.8 Å². The van der Waals surface area contributed by atoms with Gasteiger partial charge in [0.05, 0.1) is 17.6 Å². The summed E-state index contributed by atoms with van der Waals surface area (Å²) in [6, 6.07) is 8.64. The molecule has 0 saturated heterocycles. The molecule has 0 radical (unpaired) electrons. The van der Waals surface area contributed by atoms with E-state index >= 15 is 0 Å². The van der Waals surface area contributed by atoms with Crippen LogP contribution in [-0.2, 0) is 9.53 Å². The lowest BCUT2D eigenvalue weighted by atomic mass is 10.2. The fraction of sp³-hybridized carbons (Fsp3) is 0.176. The molecule has 0 unspecified atom stereocenters. The van der Waals surface area contributed by atoms with Crippen molar-refractivity contribution < 1.29 is 24.0 Å². The summed E-state index contributed by atoms with van der Waals surface area (Å²) in [5, 5.41) is 14.1. The van der Waals surface area contributed by atoms with Gasteiger partial charge >= 0.3 is 11.7 Å². The van der Waals surface area contributed by atoms with Gasteiger partial charge in [-0.05, 0) is 36.8 Å². The van der Waals surface area contributed by atoms with E-state index in [1.165, 1.54) is 19.2 Å². The Labute approximate surface area is 153 Å². The summed E-state index contributed by atoms with van der Waals surface area (Å²) in [5.41, 5.74) is 0.739. The highest BCUT2D eigenvalue weighted by atomic mass is 35.5. The number of esters is 1. The summed E-state index contributed by atoms with van der Waals surface area (Å²) < 4.78 is 9.75. The van der Waals surface area contributed by atoms with Crippen molar-refractivity contribution in [2.24, 2.45) is 0 Å². The molecule has 0 fully saturated rings. The first-order chi connectivity index (χ1) is 12.3. The molecule has 0 heterocycles. The van der Waals surface area contributed by atoms with Gasteiger partial charge in [-0.1, -0.05) is 17.7 Å². The van der Waals surface area contributed by atoms with Crippen molar-refractivity contribution >= 4 is 34.9 Å². The SMILES string of the molecule is COc1ccc(C(=O)OCC(=O)Nc2cccc(Cl)c2C)cc1[N+](=O)[O-]. The lowest BCUT2D eigenvalue weighted by molar-refractivity contribution is -0.385. The smallest absolute Gasteiger partial charge is 0.338 e. The maximum absolute atomic E-state index is 12.0. The molecule has 0 aromatic heterocycles. The zero-order valence-electron chi connectivity index (χ0n) is 13.9. The number of methoxy groups -OCH3 is 1. The van der Waals surface area contributed by atoms with Gasteiger partial charge in [-0.15, -0.1) is 0 Å². The minimum atomic E-state index is -0.867. The number of nitrogens with zero attached hydrogens (tertiary/aromatic N) is 1. The molecule has 136 valence electrons. The average Bonchev–Trinajstić information content (AvgIpc) is 2.62. The van der Waals surface area contributed by atoms with Crippen molar-refractivity contribution in [1.29, 1.82) is 0 Å². The van der Waals surface area contributed by atoms with Gasteiger partial charge in [0, 0.05) is 16.8 Å². The van der Waals surface area contributed by atoms with Gasteiger partial charge in [0.15, 0.2) is 12.4 Å². The molecule has 0 atom stereocenters. The largest absolute Gasteiger partial charge is 0.490 e. The van der Waals surface area contributed by atoms with Crippen LogP contribution in [0.15, 0.2) is 36.4 Å². The van der Waals surface area contributed by atoms with Crippen LogP contribution >= 0.6 is 11.6 Å². The molecule has 0 bridgehead atoms. The molecule has 1 N–H and O–H groups in total. The van der Waals surface area contributed by atoms with E-state index in [0.717, 1.165) is 6.07 Å². The number of ether oxygens (including phenoxy) is 2. The first-order valence-corrected chi connectivity index (χ1v) is 7.75. The number of anilines is 1. The number of carbonyl (C=O) groups is 2. The lowest BCUT2D eigenvalue weighted by Gasteiger charge is -2.10. The fourth-order valence-corrected chi connectivity index (χ4v) is 2.28. The summed E-state index contributed by atoms with van der Waals surface area (Å²) in [5.74, 6) is -1.42. The van der Waals surface area contributed by atoms with Crippen molar-refractivity contribution in [3.8, 4) is 5.75 Å². The van der Waals surface area contributed by atoms with Crippen LogP contribution in [0.25, 0.3) is 0 Å². The molecular weight excluding hydrogens is 364 g/mol. The van der Waals surface area contributed by atoms with Crippen LogP contribution in [0.3, 0.4) is 0 Å². The Bertz CT molecular complexity index is 868. The number of carbonyl (C=O) groups excluding carboxylic acids is 2. The third kappa shape index (κ3) is 4.48. The van der Waals surface area contributed by atoms with Gasteiger partial charge in [-0.25, -0.2) is 4.79 Å². The highest BCUT2D eigenvalue weighted by Crippen LogP contribution is 2.27. The van der Waals surface area contributed by atoms with E-state index in [4.69, 9.17) is 21.1 Å². The highest BCUT2D eigenvalue weighted by molar-refractivity contribution is 6.31. The monoisotopic (exact) mass is 378 g/mol. The summed E-state index contributed by atoms with van der Waals surface area (Å²) >= 11 is 5.97. The third-order valence-electron chi connectivity index (χ3n) is 3.49. The molecule has 0 aliphatic heterocycles. The van der Waals surface area contributed by atoms with Crippen LogP contribution in [0.1, 0.15) is 15.9 Å². The van der Waals surface area contributed by atoms with Gasteiger partial charge in [0.25, 0.3) is 5.91 Å². The van der Waals surface area contributed by atoms with Gasteiger partial charge in [0.2, 0.25) is 0 Å². The molecule has 26 heavy (non-hydrogen) atoms. The number of hydrogen-bond donors (Lipinski definition) is 1. The Hall–Kier alpha value is -3.13. The van der Waals surface area contributed by atoms with Crippen LogP contribution in [0, 0.1) is 17.0 Å².